The quantitative estimate of drug-likeness (QED) is 0.280. The van der Waals surface area contributed by atoms with E-state index >= 15 is 0 Å². The molecule has 2 aromatic heterocycles. The average Bonchev–Trinajstić information content (AvgIpc) is 3.31. The molecule has 188 valence electrons. The molecule has 0 amide bonds. The third-order valence-corrected chi connectivity index (χ3v) is 6.35. The van der Waals surface area contributed by atoms with Crippen molar-refractivity contribution in [3.63, 3.8) is 0 Å². The van der Waals surface area contributed by atoms with Gasteiger partial charge in [0.15, 0.2) is 16.9 Å². The topological polar surface area (TPSA) is 89.1 Å². The normalized spacial score (nSPS) is 11.1. The molecule has 37 heavy (non-hydrogen) atoms. The van der Waals surface area contributed by atoms with Crippen LogP contribution in [0.25, 0.3) is 33.2 Å². The van der Waals surface area contributed by atoms with Crippen molar-refractivity contribution in [3.05, 3.63) is 81.6 Å². The van der Waals surface area contributed by atoms with Crippen LogP contribution < -0.4 is 24.4 Å². The maximum absolute atomic E-state index is 13.6. The molecule has 5 rings (SSSR count). The van der Waals surface area contributed by atoms with E-state index in [2.05, 4.69) is 0 Å². The van der Waals surface area contributed by atoms with Gasteiger partial charge in [-0.05, 0) is 24.3 Å². The van der Waals surface area contributed by atoms with Gasteiger partial charge in [-0.15, -0.1) is 0 Å². The summed E-state index contributed by atoms with van der Waals surface area (Å²) < 4.78 is 29.4. The van der Waals surface area contributed by atoms with Crippen molar-refractivity contribution >= 4 is 39.4 Å². The predicted octanol–water partition coefficient (Wildman–Crippen LogP) is 5.79. The first-order valence-electron chi connectivity index (χ1n) is 11.2. The Hall–Kier alpha value is -4.43. The second-order valence-electron chi connectivity index (χ2n) is 8.07. The van der Waals surface area contributed by atoms with E-state index in [0.29, 0.717) is 38.6 Å². The maximum Gasteiger partial charge on any atom is 0.266 e. The Morgan fingerprint density at radius 3 is 2.30 bits per heavy atom. The number of carbonyl (C=O) groups is 1. The van der Waals surface area contributed by atoms with E-state index < -0.39 is 0 Å². The summed E-state index contributed by atoms with van der Waals surface area (Å²) in [6.07, 6.45) is 1.63. The van der Waals surface area contributed by atoms with Gasteiger partial charge >= 0.3 is 0 Å². The van der Waals surface area contributed by atoms with Gasteiger partial charge in [0.25, 0.3) is 5.91 Å². The Kier molecular flexibility index (Phi) is 6.27. The molecule has 2 heterocycles. The number of para-hydroxylation sites is 1. The number of nitrogens with zero attached hydrogens (tertiary/aromatic N) is 1. The molecule has 0 saturated carbocycles. The molecular formula is C28H22ClNO7. The summed E-state index contributed by atoms with van der Waals surface area (Å²) in [4.78, 5) is 26.9. The summed E-state index contributed by atoms with van der Waals surface area (Å²) in [5, 5.41) is 1.33. The Balaban J connectivity index is 1.75. The number of methoxy groups -OCH3 is 4. The number of benzene rings is 3. The van der Waals surface area contributed by atoms with Crippen LogP contribution in [0.5, 0.6) is 23.0 Å². The highest BCUT2D eigenvalue weighted by Gasteiger charge is 2.24. The lowest BCUT2D eigenvalue weighted by Crippen LogP contribution is -2.12. The lowest BCUT2D eigenvalue weighted by molar-refractivity contribution is 0.0962. The van der Waals surface area contributed by atoms with Crippen LogP contribution in [0.15, 0.2) is 70.0 Å². The molecule has 5 aromatic rings. The molecule has 0 N–H and O–H groups in total. The molecule has 9 heteroatoms. The Morgan fingerprint density at radius 1 is 0.865 bits per heavy atom. The number of fused-ring (bicyclic) bond motifs is 2. The minimum Gasteiger partial charge on any atom is -0.496 e. The summed E-state index contributed by atoms with van der Waals surface area (Å²) in [6, 6.07) is 15.1. The number of hydrogen-bond donors (Lipinski definition) is 0. The van der Waals surface area contributed by atoms with E-state index in [1.807, 2.05) is 24.3 Å². The van der Waals surface area contributed by atoms with Crippen LogP contribution in [-0.4, -0.2) is 38.9 Å². The number of ether oxygens (including phenoxy) is 4. The van der Waals surface area contributed by atoms with Gasteiger partial charge in [-0.3, -0.25) is 14.2 Å². The van der Waals surface area contributed by atoms with Gasteiger partial charge in [0, 0.05) is 34.3 Å². The van der Waals surface area contributed by atoms with Gasteiger partial charge in [0.2, 0.25) is 5.75 Å². The van der Waals surface area contributed by atoms with E-state index in [-0.39, 0.29) is 39.6 Å². The highest BCUT2D eigenvalue weighted by atomic mass is 35.5. The number of aromatic nitrogens is 1. The van der Waals surface area contributed by atoms with Crippen molar-refractivity contribution in [2.45, 2.75) is 0 Å². The zero-order valence-corrected chi connectivity index (χ0v) is 21.2. The first-order chi connectivity index (χ1) is 17.9. The first kappa shape index (κ1) is 24.3. The highest BCUT2D eigenvalue weighted by Crippen LogP contribution is 2.43. The molecule has 0 aliphatic carbocycles. The van der Waals surface area contributed by atoms with Crippen LogP contribution in [0.2, 0.25) is 5.02 Å². The summed E-state index contributed by atoms with van der Waals surface area (Å²) in [5.74, 6) is 1.15. The van der Waals surface area contributed by atoms with Crippen LogP contribution in [-0.2, 0) is 0 Å². The van der Waals surface area contributed by atoms with Gasteiger partial charge in [-0.2, -0.15) is 0 Å². The smallest absolute Gasteiger partial charge is 0.266 e. The third kappa shape index (κ3) is 3.95. The molecule has 8 nitrogen and oxygen atoms in total. The summed E-state index contributed by atoms with van der Waals surface area (Å²) in [6.45, 7) is 0. The van der Waals surface area contributed by atoms with E-state index in [1.54, 1.807) is 30.5 Å². The van der Waals surface area contributed by atoms with E-state index in [1.165, 1.54) is 39.1 Å². The average molecular weight is 520 g/mol. The van der Waals surface area contributed by atoms with Crippen LogP contribution in [0.3, 0.4) is 0 Å². The summed E-state index contributed by atoms with van der Waals surface area (Å²) >= 11 is 6.17. The molecule has 0 bridgehead atoms. The van der Waals surface area contributed by atoms with E-state index in [9.17, 15) is 9.59 Å². The molecule has 0 unspecified atom stereocenters. The molecule has 0 atom stereocenters. The van der Waals surface area contributed by atoms with E-state index in [0.717, 1.165) is 0 Å². The van der Waals surface area contributed by atoms with Crippen molar-refractivity contribution in [2.75, 3.05) is 28.4 Å². The Labute approximate surface area is 216 Å². The summed E-state index contributed by atoms with van der Waals surface area (Å²) in [5.41, 5.74) is 1.38. The van der Waals surface area contributed by atoms with Crippen LogP contribution in [0.1, 0.15) is 10.4 Å². The number of carbonyl (C=O) groups excluding carboxylic acids is 1. The van der Waals surface area contributed by atoms with Crippen molar-refractivity contribution in [1.29, 1.82) is 0 Å². The highest BCUT2D eigenvalue weighted by molar-refractivity contribution is 6.31. The summed E-state index contributed by atoms with van der Waals surface area (Å²) in [7, 11) is 5.87. The van der Waals surface area contributed by atoms with Gasteiger partial charge in [-0.1, -0.05) is 29.8 Å². The molecule has 0 radical (unpaired) electrons. The molecule has 0 aliphatic heterocycles. The van der Waals surface area contributed by atoms with Gasteiger partial charge in [0.05, 0.1) is 39.5 Å². The molecule has 0 fully saturated rings. The SMILES string of the molecule is COc1ccc(Cl)cc1C(=O)n1cc(-c2cc(=O)c3c(OC)c(OC)c(OC)cc3o2)c2ccccc21. The Bertz CT molecular complexity index is 1730. The third-order valence-electron chi connectivity index (χ3n) is 6.11. The fourth-order valence-corrected chi connectivity index (χ4v) is 4.61. The van der Waals surface area contributed by atoms with Crippen molar-refractivity contribution in [1.82, 2.24) is 4.57 Å². The van der Waals surface area contributed by atoms with Crippen LogP contribution in [0, 0.1) is 0 Å². The van der Waals surface area contributed by atoms with Crippen LogP contribution in [0.4, 0.5) is 0 Å². The molecule has 0 spiro atoms. The van der Waals surface area contributed by atoms with Crippen LogP contribution >= 0.6 is 11.6 Å². The second-order valence-corrected chi connectivity index (χ2v) is 8.51. The van der Waals surface area contributed by atoms with Crippen molar-refractivity contribution in [3.8, 4) is 34.3 Å². The second kappa shape index (κ2) is 9.55. The molecule has 3 aromatic carbocycles. The molecule has 0 saturated heterocycles. The van der Waals surface area contributed by atoms with Crippen molar-refractivity contribution < 1.29 is 28.2 Å². The fourth-order valence-electron chi connectivity index (χ4n) is 4.44. The Morgan fingerprint density at radius 2 is 1.59 bits per heavy atom. The monoisotopic (exact) mass is 519 g/mol. The zero-order valence-electron chi connectivity index (χ0n) is 20.5. The fraction of sp³-hybridized carbons (Fsp3) is 0.143. The minimum atomic E-state index is -0.349. The van der Waals surface area contributed by atoms with E-state index in [4.69, 9.17) is 35.0 Å². The standard InChI is InChI=1S/C28H22ClNO7/c1-33-21-10-9-15(29)11-17(21)28(32)30-14-18(16-7-5-6-8-19(16)30)22-12-20(31)25-23(37-22)13-24(34-2)26(35-3)27(25)36-4/h5-14H,1-4H3. The predicted molar refractivity (Wildman–Crippen MR) is 141 cm³/mol. The number of hydrogen-bond acceptors (Lipinski definition) is 7. The lowest BCUT2D eigenvalue weighted by atomic mass is 10.1. The van der Waals surface area contributed by atoms with Gasteiger partial charge in [-0.25, -0.2) is 0 Å². The maximum atomic E-state index is 13.6. The van der Waals surface area contributed by atoms with Crippen molar-refractivity contribution in [2.24, 2.45) is 0 Å². The molecular weight excluding hydrogens is 498 g/mol. The number of halogens is 1. The number of rotatable bonds is 6. The van der Waals surface area contributed by atoms with Gasteiger partial charge < -0.3 is 23.4 Å². The first-order valence-corrected chi connectivity index (χ1v) is 11.5. The minimum absolute atomic E-state index is 0.211. The van der Waals surface area contributed by atoms with Gasteiger partial charge in [0.1, 0.15) is 22.5 Å². The molecule has 0 aliphatic rings. The lowest BCUT2D eigenvalue weighted by Gasteiger charge is -2.14. The zero-order chi connectivity index (χ0) is 26.3. The largest absolute Gasteiger partial charge is 0.496 e.